The topological polar surface area (TPSA) is 107 Å². The first kappa shape index (κ1) is 22.4. The molecule has 1 aromatic carbocycles. The molecule has 4 bridgehead atoms. The molecule has 1 aliphatic heterocycles. The number of fused-ring (bicyclic) bond motifs is 1. The first-order valence-corrected chi connectivity index (χ1v) is 13.9. The maximum Gasteiger partial charge on any atom is 0.524 e. The molecule has 2 heterocycles. The highest BCUT2D eigenvalue weighted by Crippen LogP contribution is 2.69. The first-order chi connectivity index (χ1) is 15.4. The van der Waals surface area contributed by atoms with Crippen molar-refractivity contribution in [1.29, 1.82) is 0 Å². The van der Waals surface area contributed by atoms with E-state index in [2.05, 4.69) is 25.8 Å². The molecule has 1 spiro atoms. The second-order valence-electron chi connectivity index (χ2n) is 11.3. The van der Waals surface area contributed by atoms with E-state index in [1.165, 1.54) is 17.8 Å². The third kappa shape index (κ3) is 3.13. The van der Waals surface area contributed by atoms with Crippen LogP contribution in [-0.2, 0) is 30.3 Å². The number of nitrogens with zero attached hydrogens (tertiary/aromatic N) is 1. The highest BCUT2D eigenvalue weighted by Gasteiger charge is 2.76. The minimum Gasteiger partial charge on any atom is -0.402 e. The third-order valence-electron chi connectivity index (χ3n) is 8.15. The molecule has 4 aliphatic carbocycles. The summed E-state index contributed by atoms with van der Waals surface area (Å²) in [4.78, 5) is 35.8. The summed E-state index contributed by atoms with van der Waals surface area (Å²) in [5.74, 6) is 1.02. The number of phosphoric ester groups is 1. The minimum absolute atomic E-state index is 0.0356. The molecule has 4 saturated carbocycles. The molecule has 0 amide bonds. The normalized spacial score (nSPS) is 37.6. The number of ether oxygens (including phenoxy) is 1. The molecular weight excluding hydrogens is 465 g/mol. The summed E-state index contributed by atoms with van der Waals surface area (Å²) in [6.07, 6.45) is 5.72. The van der Waals surface area contributed by atoms with E-state index in [-0.39, 0.29) is 11.2 Å². The Morgan fingerprint density at radius 2 is 1.73 bits per heavy atom. The van der Waals surface area contributed by atoms with E-state index >= 15 is 0 Å². The van der Waals surface area contributed by atoms with Crippen molar-refractivity contribution in [3.05, 3.63) is 22.7 Å². The molecule has 180 valence electrons. The highest BCUT2D eigenvalue weighted by molar-refractivity contribution is 7.46. The van der Waals surface area contributed by atoms with Crippen molar-refractivity contribution in [2.75, 3.05) is 7.11 Å². The fourth-order valence-corrected chi connectivity index (χ4v) is 8.54. The fraction of sp³-hybridized carbons (Fsp3) is 0.696. The molecular formula is C23H30NO7PS. The van der Waals surface area contributed by atoms with Gasteiger partial charge in [0.05, 0.1) is 9.71 Å². The molecule has 1 aromatic heterocycles. The van der Waals surface area contributed by atoms with Gasteiger partial charge in [0.25, 0.3) is 5.79 Å². The number of methoxy groups -OCH3 is 1. The molecule has 8 nitrogen and oxygen atoms in total. The van der Waals surface area contributed by atoms with Gasteiger partial charge in [-0.15, -0.1) is 11.3 Å². The first-order valence-electron chi connectivity index (χ1n) is 11.6. The van der Waals surface area contributed by atoms with Gasteiger partial charge < -0.3 is 9.26 Å². The van der Waals surface area contributed by atoms with Crippen molar-refractivity contribution in [1.82, 2.24) is 4.98 Å². The van der Waals surface area contributed by atoms with Crippen LogP contribution >= 0.6 is 19.2 Å². The van der Waals surface area contributed by atoms with Gasteiger partial charge in [-0.3, -0.25) is 9.79 Å². The quantitative estimate of drug-likeness (QED) is 0.450. The second kappa shape index (κ2) is 7.00. The Balaban J connectivity index is 1.52. The predicted molar refractivity (Wildman–Crippen MR) is 122 cm³/mol. The summed E-state index contributed by atoms with van der Waals surface area (Å²) in [6.45, 7) is 6.16. The molecule has 1 unspecified atom stereocenters. The number of hydrogen-bond acceptors (Lipinski definition) is 7. The molecule has 5 aliphatic rings. The van der Waals surface area contributed by atoms with Crippen LogP contribution in [0.3, 0.4) is 0 Å². The van der Waals surface area contributed by atoms with Crippen LogP contribution in [-0.4, -0.2) is 27.5 Å². The molecule has 0 radical (unpaired) electrons. The lowest BCUT2D eigenvalue weighted by molar-refractivity contribution is -0.645. The number of hydrogen-bond donors (Lipinski definition) is 2. The lowest BCUT2D eigenvalue weighted by Crippen LogP contribution is -2.76. The van der Waals surface area contributed by atoms with Crippen molar-refractivity contribution in [3.63, 3.8) is 0 Å². The van der Waals surface area contributed by atoms with Crippen molar-refractivity contribution >= 4 is 29.4 Å². The highest BCUT2D eigenvalue weighted by atomic mass is 32.1. The van der Waals surface area contributed by atoms with E-state index in [9.17, 15) is 14.4 Å². The average Bonchev–Trinajstić information content (AvgIpc) is 3.11. The number of phosphoric acid groups is 1. The van der Waals surface area contributed by atoms with Crippen LogP contribution in [0.1, 0.15) is 63.4 Å². The molecule has 1 atom stereocenters. The maximum atomic E-state index is 11.8. The summed E-state index contributed by atoms with van der Waals surface area (Å²) in [7, 11) is -3.18. The molecule has 2 aromatic rings. The summed E-state index contributed by atoms with van der Waals surface area (Å²) >= 11 is 1.49. The van der Waals surface area contributed by atoms with Crippen LogP contribution in [0, 0.1) is 23.7 Å². The monoisotopic (exact) mass is 495 g/mol. The van der Waals surface area contributed by atoms with Crippen LogP contribution in [0.4, 0.5) is 0 Å². The van der Waals surface area contributed by atoms with Crippen molar-refractivity contribution in [2.24, 2.45) is 23.7 Å². The second-order valence-corrected chi connectivity index (χ2v) is 13.5. The van der Waals surface area contributed by atoms with E-state index in [0.717, 1.165) is 47.2 Å². The van der Waals surface area contributed by atoms with E-state index in [4.69, 9.17) is 19.0 Å². The van der Waals surface area contributed by atoms with E-state index < -0.39 is 19.2 Å². The van der Waals surface area contributed by atoms with Gasteiger partial charge in [-0.25, -0.2) is 14.4 Å². The van der Waals surface area contributed by atoms with Gasteiger partial charge in [0.2, 0.25) is 0 Å². The Kier molecular flexibility index (Phi) is 4.75. The van der Waals surface area contributed by atoms with Crippen LogP contribution in [0.15, 0.2) is 12.1 Å². The molecule has 7 rings (SSSR count). The average molecular weight is 496 g/mol. The number of benzene rings is 1. The van der Waals surface area contributed by atoms with Crippen LogP contribution < -0.4 is 4.52 Å². The summed E-state index contributed by atoms with van der Waals surface area (Å²) in [5, 5.41) is 0.854. The lowest BCUT2D eigenvalue weighted by Gasteiger charge is -2.68. The Labute approximate surface area is 196 Å². The van der Waals surface area contributed by atoms with Gasteiger partial charge in [0.1, 0.15) is 5.52 Å². The Morgan fingerprint density at radius 3 is 2.21 bits per heavy atom. The molecule has 2 N–H and O–H groups in total. The predicted octanol–water partition coefficient (Wildman–Crippen LogP) is 5.02. The van der Waals surface area contributed by atoms with E-state index in [0.29, 0.717) is 22.9 Å². The lowest BCUT2D eigenvalue weighted by atomic mass is 9.47. The van der Waals surface area contributed by atoms with E-state index in [1.54, 1.807) is 13.2 Å². The SMILES string of the molecule is COC1(c2cc(OP(=O)(O)O)c3nc(C(C)(C)C)sc3c2)OOC12C1CC3CC(C1)CC2C3. The zero-order valence-corrected chi connectivity index (χ0v) is 20.9. The molecule has 1 saturated heterocycles. The molecule has 10 heteroatoms. The van der Waals surface area contributed by atoms with Crippen molar-refractivity contribution in [3.8, 4) is 5.75 Å². The van der Waals surface area contributed by atoms with Gasteiger partial charge in [0.15, 0.2) is 11.4 Å². The largest absolute Gasteiger partial charge is 0.524 e. The van der Waals surface area contributed by atoms with Crippen molar-refractivity contribution < 1.29 is 33.4 Å². The Hall–Kier alpha value is -1.06. The standard InChI is InChI=1S/C23H30NO7PS/c1-21(2,3)20-24-19-17(29-32(25,26)27)10-16(11-18(19)33-20)23(28-4)22(30-31-23)14-6-12-5-13(8-14)9-15(22)7-12/h10-15H,5-9H2,1-4H3,(H2,25,26,27). The third-order valence-corrected chi connectivity index (χ3v) is 10.0. The smallest absolute Gasteiger partial charge is 0.402 e. The van der Waals surface area contributed by atoms with Gasteiger partial charge in [-0.05, 0) is 67.9 Å². The summed E-state index contributed by atoms with van der Waals surface area (Å²) < 4.78 is 23.9. The van der Waals surface area contributed by atoms with Gasteiger partial charge in [-0.2, -0.15) is 4.89 Å². The zero-order valence-electron chi connectivity index (χ0n) is 19.2. The Morgan fingerprint density at radius 1 is 1.09 bits per heavy atom. The van der Waals surface area contributed by atoms with E-state index in [1.807, 2.05) is 6.07 Å². The van der Waals surface area contributed by atoms with Crippen molar-refractivity contribution in [2.45, 2.75) is 69.7 Å². The molecule has 33 heavy (non-hydrogen) atoms. The zero-order chi connectivity index (χ0) is 23.4. The van der Waals surface area contributed by atoms with Gasteiger partial charge >= 0.3 is 7.82 Å². The van der Waals surface area contributed by atoms with Crippen LogP contribution in [0.5, 0.6) is 5.75 Å². The fourth-order valence-electron chi connectivity index (χ4n) is 7.06. The number of rotatable bonds is 4. The summed E-state index contributed by atoms with van der Waals surface area (Å²) in [5.41, 5.74) is 0.271. The van der Waals surface area contributed by atoms with Crippen LogP contribution in [0.2, 0.25) is 0 Å². The van der Waals surface area contributed by atoms with Crippen LogP contribution in [0.25, 0.3) is 10.2 Å². The van der Waals surface area contributed by atoms with Gasteiger partial charge in [-0.1, -0.05) is 20.8 Å². The number of thiazole rings is 1. The Bertz CT molecular complexity index is 1140. The number of aromatic nitrogens is 1. The molecule has 5 fully saturated rings. The minimum atomic E-state index is -4.80. The summed E-state index contributed by atoms with van der Waals surface area (Å²) in [6, 6.07) is 3.58. The van der Waals surface area contributed by atoms with Gasteiger partial charge in [0, 0.05) is 18.1 Å². The maximum absolute atomic E-state index is 11.8.